The van der Waals surface area contributed by atoms with Gasteiger partial charge in [0.1, 0.15) is 0 Å². The van der Waals surface area contributed by atoms with Gasteiger partial charge in [-0.1, -0.05) is 19.1 Å². The van der Waals surface area contributed by atoms with Gasteiger partial charge in [0.25, 0.3) is 0 Å². The number of hydrogen-bond acceptors (Lipinski definition) is 3. The summed E-state index contributed by atoms with van der Waals surface area (Å²) in [5.41, 5.74) is 2.01. The fourth-order valence-corrected chi connectivity index (χ4v) is 2.24. The van der Waals surface area contributed by atoms with Gasteiger partial charge >= 0.3 is 0 Å². The van der Waals surface area contributed by atoms with Gasteiger partial charge in [-0.15, -0.1) is 0 Å². The molecule has 1 saturated heterocycles. The predicted molar refractivity (Wildman–Crippen MR) is 81.1 cm³/mol. The molecule has 1 fully saturated rings. The fourth-order valence-electron chi connectivity index (χ4n) is 2.24. The second kappa shape index (κ2) is 7.78. The maximum atomic E-state index is 11.9. The highest BCUT2D eigenvalue weighted by atomic mass is 16.5. The minimum atomic E-state index is -0.124. The zero-order valence-corrected chi connectivity index (χ0v) is 12.4. The molecule has 2 rings (SSSR count). The number of nitrogens with one attached hydrogen (secondary N) is 1. The zero-order valence-electron chi connectivity index (χ0n) is 12.4. The molecule has 1 aromatic rings. The van der Waals surface area contributed by atoms with Crippen molar-refractivity contribution in [3.8, 4) is 0 Å². The predicted octanol–water partition coefficient (Wildman–Crippen LogP) is 1.83. The van der Waals surface area contributed by atoms with Gasteiger partial charge in [0.05, 0.1) is 13.2 Å². The first-order valence-corrected chi connectivity index (χ1v) is 7.43. The molecule has 0 spiro atoms. The van der Waals surface area contributed by atoms with E-state index in [0.717, 1.165) is 12.1 Å². The summed E-state index contributed by atoms with van der Waals surface area (Å²) in [5, 5.41) is 2.82. The van der Waals surface area contributed by atoms with Crippen LogP contribution in [0.25, 0.3) is 0 Å². The molecule has 5 nitrogen and oxygen atoms in total. The Bertz CT molecular complexity index is 479. The molecule has 1 aliphatic rings. The minimum Gasteiger partial charge on any atom is -0.378 e. The van der Waals surface area contributed by atoms with Crippen LogP contribution in [-0.2, 0) is 20.7 Å². The molecule has 0 aromatic heterocycles. The van der Waals surface area contributed by atoms with Crippen LogP contribution in [0.4, 0.5) is 5.69 Å². The van der Waals surface area contributed by atoms with E-state index >= 15 is 0 Å². The number of carbonyl (C=O) groups is 2. The number of amides is 2. The summed E-state index contributed by atoms with van der Waals surface area (Å²) >= 11 is 0. The van der Waals surface area contributed by atoms with Crippen LogP contribution >= 0.6 is 0 Å². The summed E-state index contributed by atoms with van der Waals surface area (Å²) in [7, 11) is 0. The quantitative estimate of drug-likeness (QED) is 0.900. The molecule has 5 heteroatoms. The summed E-state index contributed by atoms with van der Waals surface area (Å²) < 4.78 is 5.20. The van der Waals surface area contributed by atoms with Crippen LogP contribution in [0.1, 0.15) is 25.3 Å². The minimum absolute atomic E-state index is 0.0229. The number of hydrogen-bond donors (Lipinski definition) is 1. The molecule has 1 aromatic carbocycles. The second-order valence-electron chi connectivity index (χ2n) is 5.09. The van der Waals surface area contributed by atoms with Crippen LogP contribution in [-0.4, -0.2) is 43.0 Å². The standard InChI is InChI=1S/C16H22N2O3/c1-2-13-3-5-14(6-4-13)17-15(19)7-8-16(20)18-9-11-21-12-10-18/h3-6H,2,7-12H2,1H3,(H,17,19). The van der Waals surface area contributed by atoms with Crippen LogP contribution in [0.5, 0.6) is 0 Å². The van der Waals surface area contributed by atoms with Crippen molar-refractivity contribution in [1.82, 2.24) is 4.90 Å². The van der Waals surface area contributed by atoms with E-state index in [1.54, 1.807) is 4.90 Å². The summed E-state index contributed by atoms with van der Waals surface area (Å²) in [6.45, 7) is 4.51. The molecule has 0 unspecified atom stereocenters. The van der Waals surface area contributed by atoms with Gasteiger partial charge < -0.3 is 15.0 Å². The van der Waals surface area contributed by atoms with Crippen molar-refractivity contribution in [2.24, 2.45) is 0 Å². The van der Waals surface area contributed by atoms with Gasteiger partial charge in [-0.2, -0.15) is 0 Å². The lowest BCUT2D eigenvalue weighted by atomic mass is 10.1. The zero-order chi connectivity index (χ0) is 15.1. The molecular formula is C16H22N2O3. The van der Waals surface area contributed by atoms with Crippen LogP contribution in [0, 0.1) is 0 Å². The number of anilines is 1. The van der Waals surface area contributed by atoms with Crippen LogP contribution in [0.3, 0.4) is 0 Å². The largest absolute Gasteiger partial charge is 0.378 e. The van der Waals surface area contributed by atoms with Gasteiger partial charge in [0.15, 0.2) is 0 Å². The molecule has 1 N–H and O–H groups in total. The molecule has 114 valence electrons. The topological polar surface area (TPSA) is 58.6 Å². The van der Waals surface area contributed by atoms with E-state index in [4.69, 9.17) is 4.74 Å². The van der Waals surface area contributed by atoms with Gasteiger partial charge in [0, 0.05) is 31.6 Å². The monoisotopic (exact) mass is 290 g/mol. The average Bonchev–Trinajstić information content (AvgIpc) is 2.54. The number of morpholine rings is 1. The smallest absolute Gasteiger partial charge is 0.224 e. The van der Waals surface area contributed by atoms with Crippen molar-refractivity contribution >= 4 is 17.5 Å². The Hall–Kier alpha value is -1.88. The SMILES string of the molecule is CCc1ccc(NC(=O)CCC(=O)N2CCOCC2)cc1. The van der Waals surface area contributed by atoms with Crippen LogP contribution in [0.15, 0.2) is 24.3 Å². The van der Waals surface area contributed by atoms with E-state index in [9.17, 15) is 9.59 Å². The highest BCUT2D eigenvalue weighted by Gasteiger charge is 2.17. The van der Waals surface area contributed by atoms with E-state index in [-0.39, 0.29) is 24.7 Å². The Morgan fingerprint density at radius 3 is 2.43 bits per heavy atom. The number of aryl methyl sites for hydroxylation is 1. The average molecular weight is 290 g/mol. The molecule has 1 heterocycles. The number of ether oxygens (including phenoxy) is 1. The van der Waals surface area contributed by atoms with Crippen LogP contribution in [0.2, 0.25) is 0 Å². The van der Waals surface area contributed by atoms with Crippen molar-refractivity contribution in [2.75, 3.05) is 31.6 Å². The third-order valence-corrected chi connectivity index (χ3v) is 3.58. The first-order chi connectivity index (χ1) is 10.2. The lowest BCUT2D eigenvalue weighted by molar-refractivity contribution is -0.136. The Labute approximate surface area is 125 Å². The third-order valence-electron chi connectivity index (χ3n) is 3.58. The Balaban J connectivity index is 1.74. The highest BCUT2D eigenvalue weighted by Crippen LogP contribution is 2.11. The van der Waals surface area contributed by atoms with E-state index in [2.05, 4.69) is 12.2 Å². The van der Waals surface area contributed by atoms with Gasteiger partial charge in [-0.25, -0.2) is 0 Å². The number of carbonyl (C=O) groups excluding carboxylic acids is 2. The van der Waals surface area contributed by atoms with E-state index in [1.165, 1.54) is 5.56 Å². The van der Waals surface area contributed by atoms with E-state index < -0.39 is 0 Å². The van der Waals surface area contributed by atoms with Crippen molar-refractivity contribution in [1.29, 1.82) is 0 Å². The highest BCUT2D eigenvalue weighted by molar-refractivity contribution is 5.93. The third kappa shape index (κ3) is 4.86. The maximum absolute atomic E-state index is 11.9. The van der Waals surface area contributed by atoms with Crippen molar-refractivity contribution in [2.45, 2.75) is 26.2 Å². The summed E-state index contributed by atoms with van der Waals surface area (Å²) in [6, 6.07) is 7.77. The molecule has 0 saturated carbocycles. The van der Waals surface area contributed by atoms with E-state index in [0.29, 0.717) is 26.3 Å². The molecule has 21 heavy (non-hydrogen) atoms. The van der Waals surface area contributed by atoms with Crippen molar-refractivity contribution < 1.29 is 14.3 Å². The lowest BCUT2D eigenvalue weighted by Crippen LogP contribution is -2.40. The fraction of sp³-hybridized carbons (Fsp3) is 0.500. The van der Waals surface area contributed by atoms with Crippen LogP contribution < -0.4 is 5.32 Å². The molecule has 2 amide bonds. The molecule has 0 atom stereocenters. The molecule has 1 aliphatic heterocycles. The second-order valence-corrected chi connectivity index (χ2v) is 5.09. The Morgan fingerprint density at radius 2 is 1.81 bits per heavy atom. The van der Waals surface area contributed by atoms with Gasteiger partial charge in [0.2, 0.25) is 11.8 Å². The van der Waals surface area contributed by atoms with Gasteiger partial charge in [-0.3, -0.25) is 9.59 Å². The lowest BCUT2D eigenvalue weighted by Gasteiger charge is -2.26. The Morgan fingerprint density at radius 1 is 1.14 bits per heavy atom. The molecule has 0 radical (unpaired) electrons. The molecule has 0 bridgehead atoms. The molecule has 0 aliphatic carbocycles. The van der Waals surface area contributed by atoms with Crippen molar-refractivity contribution in [3.63, 3.8) is 0 Å². The first kappa shape index (κ1) is 15.5. The summed E-state index contributed by atoms with van der Waals surface area (Å²) in [6.07, 6.45) is 1.44. The van der Waals surface area contributed by atoms with E-state index in [1.807, 2.05) is 24.3 Å². The summed E-state index contributed by atoms with van der Waals surface area (Å²) in [5.74, 6) is -0.101. The summed E-state index contributed by atoms with van der Waals surface area (Å²) in [4.78, 5) is 25.5. The normalized spacial score (nSPS) is 14.8. The first-order valence-electron chi connectivity index (χ1n) is 7.43. The number of nitrogens with zero attached hydrogens (tertiary/aromatic N) is 1. The number of rotatable bonds is 5. The maximum Gasteiger partial charge on any atom is 0.224 e. The van der Waals surface area contributed by atoms with Gasteiger partial charge in [-0.05, 0) is 24.1 Å². The Kier molecular flexibility index (Phi) is 5.75. The molecular weight excluding hydrogens is 268 g/mol. The van der Waals surface area contributed by atoms with Crippen molar-refractivity contribution in [3.05, 3.63) is 29.8 Å². The number of benzene rings is 1.